The molecule has 0 aliphatic carbocycles. The van der Waals surface area contributed by atoms with Crippen LogP contribution in [0.5, 0.6) is 0 Å². The van der Waals surface area contributed by atoms with E-state index in [0.717, 1.165) is 10.7 Å². The third-order valence-electron chi connectivity index (χ3n) is 1.86. The molecule has 3 nitrogen and oxygen atoms in total. The van der Waals surface area contributed by atoms with Crippen molar-refractivity contribution in [1.82, 2.24) is 4.98 Å². The van der Waals surface area contributed by atoms with Gasteiger partial charge in [0.15, 0.2) is 0 Å². The zero-order chi connectivity index (χ0) is 10.6. The smallest absolute Gasteiger partial charge is 0.124 e. The molecule has 0 saturated carbocycles. The average molecular weight is 215 g/mol. The highest BCUT2D eigenvalue weighted by Gasteiger charge is 2.24. The minimum Gasteiger partial charge on any atom is -0.378 e. The third kappa shape index (κ3) is 2.77. The van der Waals surface area contributed by atoms with Crippen LogP contribution in [0.4, 0.5) is 0 Å². The molecule has 0 fully saturated rings. The maximum absolute atomic E-state index is 5.61. The van der Waals surface area contributed by atoms with Gasteiger partial charge in [-0.25, -0.2) is 4.98 Å². The summed E-state index contributed by atoms with van der Waals surface area (Å²) in [7, 11) is 1.67. The fourth-order valence-electron chi connectivity index (χ4n) is 1.22. The van der Waals surface area contributed by atoms with Gasteiger partial charge in [0.25, 0.3) is 0 Å². The number of ether oxygens (including phenoxy) is 2. The number of hydrogen-bond donors (Lipinski definition) is 0. The Morgan fingerprint density at radius 2 is 2.21 bits per heavy atom. The summed E-state index contributed by atoms with van der Waals surface area (Å²) >= 11 is 1.62. The van der Waals surface area contributed by atoms with E-state index >= 15 is 0 Å². The van der Waals surface area contributed by atoms with Crippen LogP contribution in [-0.4, -0.2) is 18.7 Å². The number of aromatic nitrogens is 1. The lowest BCUT2D eigenvalue weighted by molar-refractivity contribution is -0.0143. The first-order valence-corrected chi connectivity index (χ1v) is 5.56. The van der Waals surface area contributed by atoms with Gasteiger partial charge in [-0.2, -0.15) is 0 Å². The summed E-state index contributed by atoms with van der Waals surface area (Å²) in [5.74, 6) is 0. The molecule has 14 heavy (non-hydrogen) atoms. The zero-order valence-electron chi connectivity index (χ0n) is 9.16. The second-order valence-corrected chi connectivity index (χ2v) is 4.38. The van der Waals surface area contributed by atoms with Crippen LogP contribution in [0.2, 0.25) is 0 Å². The minimum absolute atomic E-state index is 0.286. The van der Waals surface area contributed by atoms with Gasteiger partial charge in [-0.1, -0.05) is 0 Å². The van der Waals surface area contributed by atoms with Crippen molar-refractivity contribution in [2.75, 3.05) is 13.7 Å². The summed E-state index contributed by atoms with van der Waals surface area (Å²) < 4.78 is 10.6. The van der Waals surface area contributed by atoms with Crippen molar-refractivity contribution in [3.8, 4) is 0 Å². The van der Waals surface area contributed by atoms with Gasteiger partial charge in [0.2, 0.25) is 0 Å². The monoisotopic (exact) mass is 215 g/mol. The molecule has 1 heterocycles. The van der Waals surface area contributed by atoms with E-state index in [1.165, 1.54) is 0 Å². The number of thiazole rings is 1. The van der Waals surface area contributed by atoms with Crippen LogP contribution in [0.15, 0.2) is 5.38 Å². The minimum atomic E-state index is -0.286. The lowest BCUT2D eigenvalue weighted by Crippen LogP contribution is -2.21. The Hall–Kier alpha value is -0.450. The molecular weight excluding hydrogens is 198 g/mol. The van der Waals surface area contributed by atoms with Crippen molar-refractivity contribution < 1.29 is 9.47 Å². The maximum Gasteiger partial charge on any atom is 0.124 e. The molecule has 1 rings (SSSR count). The Morgan fingerprint density at radius 3 is 2.79 bits per heavy atom. The van der Waals surface area contributed by atoms with Crippen molar-refractivity contribution >= 4 is 11.3 Å². The summed E-state index contributed by atoms with van der Waals surface area (Å²) in [5, 5.41) is 3.02. The van der Waals surface area contributed by atoms with E-state index in [-0.39, 0.29) is 5.60 Å². The fraction of sp³-hybridized carbons (Fsp3) is 0.700. The zero-order valence-corrected chi connectivity index (χ0v) is 9.98. The van der Waals surface area contributed by atoms with Crippen molar-refractivity contribution in [1.29, 1.82) is 0 Å². The SMILES string of the molecule is CCOC(C)(C)c1nc(COC)cs1. The largest absolute Gasteiger partial charge is 0.378 e. The molecule has 4 heteroatoms. The maximum atomic E-state index is 5.61. The highest BCUT2D eigenvalue weighted by Crippen LogP contribution is 2.27. The molecule has 0 radical (unpaired) electrons. The van der Waals surface area contributed by atoms with Crippen LogP contribution in [-0.2, 0) is 21.7 Å². The molecule has 0 aliphatic rings. The molecular formula is C10H17NO2S. The fourth-order valence-corrected chi connectivity index (χ4v) is 2.10. The molecule has 0 atom stereocenters. The number of hydrogen-bond acceptors (Lipinski definition) is 4. The third-order valence-corrected chi connectivity index (χ3v) is 3.06. The normalized spacial score (nSPS) is 12.0. The molecule has 0 amide bonds. The second-order valence-electron chi connectivity index (χ2n) is 3.52. The van der Waals surface area contributed by atoms with Crippen LogP contribution in [0.1, 0.15) is 31.5 Å². The standard InChI is InChI=1S/C10H17NO2S/c1-5-13-10(2,3)9-11-8(6-12-4)7-14-9/h7H,5-6H2,1-4H3. The van der Waals surface area contributed by atoms with Gasteiger partial charge in [-0.15, -0.1) is 11.3 Å². The van der Waals surface area contributed by atoms with Gasteiger partial charge in [0.05, 0.1) is 12.3 Å². The second kappa shape index (κ2) is 4.87. The molecule has 1 aromatic heterocycles. The van der Waals surface area contributed by atoms with E-state index in [4.69, 9.17) is 9.47 Å². The van der Waals surface area contributed by atoms with Crippen molar-refractivity contribution in [2.45, 2.75) is 33.0 Å². The molecule has 0 bridgehead atoms. The molecule has 0 spiro atoms. The average Bonchev–Trinajstić information content (AvgIpc) is 2.54. The van der Waals surface area contributed by atoms with Crippen molar-refractivity contribution in [3.63, 3.8) is 0 Å². The molecule has 0 aliphatic heterocycles. The summed E-state index contributed by atoms with van der Waals surface area (Å²) in [5.41, 5.74) is 0.686. The van der Waals surface area contributed by atoms with Crippen LogP contribution >= 0.6 is 11.3 Å². The van der Waals surface area contributed by atoms with Crippen LogP contribution < -0.4 is 0 Å². The summed E-state index contributed by atoms with van der Waals surface area (Å²) in [6.45, 7) is 7.33. The van der Waals surface area contributed by atoms with Crippen LogP contribution in [0, 0.1) is 0 Å². The summed E-state index contributed by atoms with van der Waals surface area (Å²) in [6, 6.07) is 0. The number of nitrogens with zero attached hydrogens (tertiary/aromatic N) is 1. The van der Waals surface area contributed by atoms with Gasteiger partial charge in [0.1, 0.15) is 10.6 Å². The number of methoxy groups -OCH3 is 1. The van der Waals surface area contributed by atoms with E-state index in [9.17, 15) is 0 Å². The highest BCUT2D eigenvalue weighted by atomic mass is 32.1. The Morgan fingerprint density at radius 1 is 1.50 bits per heavy atom. The first-order valence-electron chi connectivity index (χ1n) is 4.68. The summed E-state index contributed by atoms with van der Waals surface area (Å²) in [4.78, 5) is 4.46. The molecule has 0 saturated heterocycles. The predicted octanol–water partition coefficient (Wildman–Crippen LogP) is 2.56. The van der Waals surface area contributed by atoms with Crippen LogP contribution in [0.3, 0.4) is 0 Å². The van der Waals surface area contributed by atoms with E-state index in [2.05, 4.69) is 4.98 Å². The molecule has 0 aromatic carbocycles. The van der Waals surface area contributed by atoms with E-state index < -0.39 is 0 Å². The first-order chi connectivity index (χ1) is 6.60. The van der Waals surface area contributed by atoms with Crippen molar-refractivity contribution in [2.24, 2.45) is 0 Å². The number of rotatable bonds is 5. The Labute approximate surface area is 89.1 Å². The lowest BCUT2D eigenvalue weighted by Gasteiger charge is -2.21. The highest BCUT2D eigenvalue weighted by molar-refractivity contribution is 7.09. The first kappa shape index (κ1) is 11.6. The Kier molecular flexibility index (Phi) is 4.04. The van der Waals surface area contributed by atoms with Gasteiger partial charge < -0.3 is 9.47 Å². The lowest BCUT2D eigenvalue weighted by atomic mass is 10.1. The predicted molar refractivity (Wildman–Crippen MR) is 57.5 cm³/mol. The van der Waals surface area contributed by atoms with Gasteiger partial charge in [0, 0.05) is 19.1 Å². The van der Waals surface area contributed by atoms with Gasteiger partial charge in [-0.05, 0) is 20.8 Å². The van der Waals surface area contributed by atoms with E-state index in [1.54, 1.807) is 18.4 Å². The molecule has 80 valence electrons. The Balaban J connectivity index is 2.74. The summed E-state index contributed by atoms with van der Waals surface area (Å²) in [6.07, 6.45) is 0. The topological polar surface area (TPSA) is 31.4 Å². The van der Waals surface area contributed by atoms with Gasteiger partial charge in [-0.3, -0.25) is 0 Å². The van der Waals surface area contributed by atoms with Gasteiger partial charge >= 0.3 is 0 Å². The molecule has 0 N–H and O–H groups in total. The van der Waals surface area contributed by atoms with Crippen molar-refractivity contribution in [3.05, 3.63) is 16.1 Å². The van der Waals surface area contributed by atoms with Crippen LogP contribution in [0.25, 0.3) is 0 Å². The van der Waals surface area contributed by atoms with E-state index in [1.807, 2.05) is 26.2 Å². The van der Waals surface area contributed by atoms with E-state index in [0.29, 0.717) is 13.2 Å². The Bertz CT molecular complexity index is 283. The molecule has 0 unspecified atom stereocenters. The molecule has 1 aromatic rings. The quantitative estimate of drug-likeness (QED) is 0.756.